The molecule has 0 unspecified atom stereocenters. The Morgan fingerprint density at radius 3 is 2.25 bits per heavy atom. The molecule has 1 saturated heterocycles. The third-order valence-corrected chi connectivity index (χ3v) is 7.62. The maximum absolute atomic E-state index is 12.6. The van der Waals surface area contributed by atoms with Gasteiger partial charge in [-0.1, -0.05) is 12.1 Å². The highest BCUT2D eigenvalue weighted by Gasteiger charge is 2.19. The van der Waals surface area contributed by atoms with E-state index in [1.165, 1.54) is 0 Å². The predicted molar refractivity (Wildman–Crippen MR) is 176 cm³/mol. The number of carbonyl (C=O) groups is 1. The van der Waals surface area contributed by atoms with Gasteiger partial charge in [-0.2, -0.15) is 0 Å². The van der Waals surface area contributed by atoms with Crippen molar-refractivity contribution in [3.8, 4) is 17.4 Å². The number of sulfonamides is 1. The number of piperidine rings is 1. The van der Waals surface area contributed by atoms with Gasteiger partial charge in [-0.05, 0) is 79.1 Å². The SMILES string of the molecule is COc1cccc(NC(=O)c2ccc(NC3CCN(Cc4ccc(Oc5ccc(NS(C)(=O)=O)cc5)nc4)CC3)cc2)c1.Cl. The third kappa shape index (κ3) is 9.60. The van der Waals surface area contributed by atoms with Crippen LogP contribution in [0.1, 0.15) is 28.8 Å². The number of hydrogen-bond acceptors (Lipinski definition) is 8. The molecule has 12 heteroatoms. The zero-order chi connectivity index (χ0) is 30.2. The fraction of sp³-hybridized carbons (Fsp3) is 0.250. The lowest BCUT2D eigenvalue weighted by Crippen LogP contribution is -2.38. The first kappa shape index (κ1) is 32.6. The van der Waals surface area contributed by atoms with Crippen LogP contribution in [0, 0.1) is 0 Å². The van der Waals surface area contributed by atoms with Gasteiger partial charge in [0.25, 0.3) is 5.91 Å². The van der Waals surface area contributed by atoms with Crippen molar-refractivity contribution in [1.29, 1.82) is 0 Å². The van der Waals surface area contributed by atoms with Crippen LogP contribution in [0.5, 0.6) is 17.4 Å². The van der Waals surface area contributed by atoms with Crippen molar-refractivity contribution in [2.24, 2.45) is 0 Å². The lowest BCUT2D eigenvalue weighted by atomic mass is 10.0. The second kappa shape index (κ2) is 14.9. The van der Waals surface area contributed by atoms with Gasteiger partial charge in [0.1, 0.15) is 11.5 Å². The molecule has 0 spiro atoms. The van der Waals surface area contributed by atoms with Crippen LogP contribution < -0.4 is 24.8 Å². The minimum Gasteiger partial charge on any atom is -0.497 e. The van der Waals surface area contributed by atoms with E-state index in [-0.39, 0.29) is 18.3 Å². The number of methoxy groups -OCH3 is 1. The van der Waals surface area contributed by atoms with Crippen molar-refractivity contribution >= 4 is 45.4 Å². The predicted octanol–water partition coefficient (Wildman–Crippen LogP) is 6.00. The first-order valence-corrected chi connectivity index (χ1v) is 15.9. The standard InChI is InChI=1S/C32H35N5O5S.ClH/c1-41-30-5-3-4-28(20-30)35-32(38)24-7-9-25(10-8-24)34-26-16-18-37(19-17-26)22-23-6-15-31(33-21-23)42-29-13-11-27(12-14-29)36-43(2,39)40;/h3-15,20-21,26,34,36H,16-19,22H2,1-2H3,(H,35,38);1H. The van der Waals surface area contributed by atoms with Crippen molar-refractivity contribution in [2.75, 3.05) is 41.8 Å². The van der Waals surface area contributed by atoms with E-state index in [0.717, 1.165) is 50.0 Å². The molecular formula is C32H36ClN5O5S. The van der Waals surface area contributed by atoms with Crippen LogP contribution in [0.4, 0.5) is 17.1 Å². The van der Waals surface area contributed by atoms with Gasteiger partial charge in [0.05, 0.1) is 13.4 Å². The number of amides is 1. The number of halogens is 1. The van der Waals surface area contributed by atoms with E-state index in [0.29, 0.717) is 40.4 Å². The fourth-order valence-electron chi connectivity index (χ4n) is 4.84. The Bertz CT molecular complexity index is 1630. The van der Waals surface area contributed by atoms with Crippen molar-refractivity contribution < 1.29 is 22.7 Å². The average Bonchev–Trinajstić information content (AvgIpc) is 3.00. The summed E-state index contributed by atoms with van der Waals surface area (Å²) < 4.78 is 36.2. The minimum absolute atomic E-state index is 0. The Hall–Kier alpha value is -4.32. The summed E-state index contributed by atoms with van der Waals surface area (Å²) in [5, 5.41) is 6.51. The molecule has 10 nitrogen and oxygen atoms in total. The van der Waals surface area contributed by atoms with Crippen LogP contribution >= 0.6 is 12.4 Å². The van der Waals surface area contributed by atoms with Gasteiger partial charge in [-0.25, -0.2) is 13.4 Å². The van der Waals surface area contributed by atoms with Crippen LogP contribution in [-0.2, 0) is 16.6 Å². The number of rotatable bonds is 11. The molecule has 0 aliphatic carbocycles. The first-order valence-electron chi connectivity index (χ1n) is 14.0. The summed E-state index contributed by atoms with van der Waals surface area (Å²) in [7, 11) is -1.73. The van der Waals surface area contributed by atoms with E-state index in [1.54, 1.807) is 37.4 Å². The summed E-state index contributed by atoms with van der Waals surface area (Å²) in [5.74, 6) is 1.56. The van der Waals surface area contributed by atoms with Gasteiger partial charge < -0.3 is 20.1 Å². The summed E-state index contributed by atoms with van der Waals surface area (Å²) in [4.78, 5) is 19.5. The van der Waals surface area contributed by atoms with E-state index in [1.807, 2.05) is 60.8 Å². The van der Waals surface area contributed by atoms with Gasteiger partial charge in [0.15, 0.2) is 0 Å². The van der Waals surface area contributed by atoms with E-state index in [9.17, 15) is 13.2 Å². The molecule has 0 bridgehead atoms. The van der Waals surface area contributed by atoms with Crippen molar-refractivity contribution in [3.05, 3.63) is 102 Å². The van der Waals surface area contributed by atoms with Crippen LogP contribution in [-0.4, -0.2) is 56.7 Å². The molecular weight excluding hydrogens is 602 g/mol. The topological polar surface area (TPSA) is 122 Å². The quantitative estimate of drug-likeness (QED) is 0.183. The van der Waals surface area contributed by atoms with Crippen LogP contribution in [0.2, 0.25) is 0 Å². The maximum Gasteiger partial charge on any atom is 0.255 e. The number of nitrogens with one attached hydrogen (secondary N) is 3. The minimum atomic E-state index is -3.32. The zero-order valence-electron chi connectivity index (χ0n) is 24.5. The molecule has 0 saturated carbocycles. The largest absolute Gasteiger partial charge is 0.497 e. The normalized spacial score (nSPS) is 13.8. The average molecular weight is 638 g/mol. The summed E-state index contributed by atoms with van der Waals surface area (Å²) in [5.41, 5.74) is 3.85. The van der Waals surface area contributed by atoms with Crippen LogP contribution in [0.25, 0.3) is 0 Å². The molecule has 1 amide bonds. The summed E-state index contributed by atoms with van der Waals surface area (Å²) in [6.45, 7) is 2.73. The number of carbonyl (C=O) groups excluding carboxylic acids is 1. The first-order chi connectivity index (χ1) is 20.7. The molecule has 2 heterocycles. The van der Waals surface area contributed by atoms with Gasteiger partial charge in [-0.3, -0.25) is 14.4 Å². The second-order valence-corrected chi connectivity index (χ2v) is 12.2. The van der Waals surface area contributed by atoms with E-state index >= 15 is 0 Å². The lowest BCUT2D eigenvalue weighted by molar-refractivity contribution is 0.102. The highest BCUT2D eigenvalue weighted by atomic mass is 35.5. The fourth-order valence-corrected chi connectivity index (χ4v) is 5.41. The van der Waals surface area contributed by atoms with E-state index in [4.69, 9.17) is 9.47 Å². The molecule has 1 fully saturated rings. The molecule has 232 valence electrons. The monoisotopic (exact) mass is 637 g/mol. The summed E-state index contributed by atoms with van der Waals surface area (Å²) >= 11 is 0. The smallest absolute Gasteiger partial charge is 0.255 e. The number of aromatic nitrogens is 1. The third-order valence-electron chi connectivity index (χ3n) is 7.02. The Balaban J connectivity index is 0.00000442. The molecule has 5 rings (SSSR count). The Kier molecular flexibility index (Phi) is 11.0. The van der Waals surface area contributed by atoms with Gasteiger partial charge in [0.2, 0.25) is 15.9 Å². The van der Waals surface area contributed by atoms with Gasteiger partial charge >= 0.3 is 0 Å². The number of hydrogen-bond donors (Lipinski definition) is 3. The number of pyridine rings is 1. The highest BCUT2D eigenvalue weighted by Crippen LogP contribution is 2.24. The van der Waals surface area contributed by atoms with Gasteiger partial charge in [-0.15, -0.1) is 12.4 Å². The number of anilines is 3. The molecule has 0 atom stereocenters. The van der Waals surface area contributed by atoms with Crippen molar-refractivity contribution in [2.45, 2.75) is 25.4 Å². The number of nitrogens with zero attached hydrogens (tertiary/aromatic N) is 2. The molecule has 4 aromatic rings. The molecule has 3 N–H and O–H groups in total. The number of benzene rings is 3. The highest BCUT2D eigenvalue weighted by molar-refractivity contribution is 7.92. The lowest BCUT2D eigenvalue weighted by Gasteiger charge is -2.32. The number of ether oxygens (including phenoxy) is 2. The molecule has 1 aliphatic heterocycles. The second-order valence-electron chi connectivity index (χ2n) is 10.5. The maximum atomic E-state index is 12.6. The molecule has 44 heavy (non-hydrogen) atoms. The van der Waals surface area contributed by atoms with Crippen LogP contribution in [0.3, 0.4) is 0 Å². The number of likely N-dealkylation sites (tertiary alicyclic amines) is 1. The van der Waals surface area contributed by atoms with E-state index in [2.05, 4.69) is 25.2 Å². The molecule has 0 radical (unpaired) electrons. The van der Waals surface area contributed by atoms with E-state index < -0.39 is 10.0 Å². The molecule has 1 aliphatic rings. The Morgan fingerprint density at radius 2 is 1.61 bits per heavy atom. The van der Waals surface area contributed by atoms with Crippen LogP contribution in [0.15, 0.2) is 91.1 Å². The van der Waals surface area contributed by atoms with Crippen molar-refractivity contribution in [3.63, 3.8) is 0 Å². The Labute approximate surface area is 264 Å². The van der Waals surface area contributed by atoms with Gasteiger partial charge in [0, 0.05) is 66.6 Å². The summed E-state index contributed by atoms with van der Waals surface area (Å²) in [6.07, 6.45) is 4.95. The Morgan fingerprint density at radius 1 is 0.909 bits per heavy atom. The zero-order valence-corrected chi connectivity index (χ0v) is 26.2. The molecule has 3 aromatic carbocycles. The summed E-state index contributed by atoms with van der Waals surface area (Å²) in [6, 6.07) is 25.7. The van der Waals surface area contributed by atoms with Crippen molar-refractivity contribution in [1.82, 2.24) is 9.88 Å². The molecule has 1 aromatic heterocycles.